The molecule has 0 radical (unpaired) electrons. The zero-order valence-electron chi connectivity index (χ0n) is 13.5. The molecule has 1 amide bonds. The number of carbonyl (C=O) groups excluding carboxylic acids is 1. The van der Waals surface area contributed by atoms with Gasteiger partial charge in [0.1, 0.15) is 0 Å². The van der Waals surface area contributed by atoms with E-state index in [1.165, 1.54) is 0 Å². The van der Waals surface area contributed by atoms with Crippen molar-refractivity contribution in [2.75, 3.05) is 19.8 Å². The third-order valence-corrected chi connectivity index (χ3v) is 5.10. The number of carboxylic acid groups (broad SMARTS) is 1. The smallest absolute Gasteiger partial charge is 0.305 e. The van der Waals surface area contributed by atoms with Crippen molar-refractivity contribution in [1.29, 1.82) is 0 Å². The highest BCUT2D eigenvalue weighted by molar-refractivity contribution is 6.30. The van der Waals surface area contributed by atoms with Gasteiger partial charge in [-0.15, -0.1) is 0 Å². The molecule has 2 aliphatic rings. The Hall–Kier alpha value is -1.59. The molecule has 1 heterocycles. The van der Waals surface area contributed by atoms with E-state index >= 15 is 0 Å². The van der Waals surface area contributed by atoms with Gasteiger partial charge >= 0.3 is 5.97 Å². The maximum absolute atomic E-state index is 12.9. The van der Waals surface area contributed by atoms with Gasteiger partial charge in [-0.25, -0.2) is 0 Å². The van der Waals surface area contributed by atoms with Crippen LogP contribution < -0.4 is 0 Å². The first kappa shape index (κ1) is 17.2. The maximum atomic E-state index is 12.9. The molecule has 1 saturated heterocycles. The normalized spacial score (nSPS) is 23.7. The monoisotopic (exact) mass is 351 g/mol. The number of carboxylic acids is 1. The molecule has 6 heteroatoms. The zero-order valence-corrected chi connectivity index (χ0v) is 14.2. The molecule has 3 rings (SSSR count). The van der Waals surface area contributed by atoms with Gasteiger partial charge in [0.15, 0.2) is 0 Å². The van der Waals surface area contributed by atoms with E-state index in [0.29, 0.717) is 18.2 Å². The number of hydrogen-bond acceptors (Lipinski definition) is 3. The van der Waals surface area contributed by atoms with Crippen LogP contribution in [0.1, 0.15) is 37.2 Å². The van der Waals surface area contributed by atoms with Gasteiger partial charge in [-0.1, -0.05) is 23.7 Å². The maximum Gasteiger partial charge on any atom is 0.305 e. The van der Waals surface area contributed by atoms with E-state index in [-0.39, 0.29) is 36.8 Å². The number of hydrogen-bond donors (Lipinski definition) is 1. The summed E-state index contributed by atoms with van der Waals surface area (Å²) in [7, 11) is 0. The van der Waals surface area contributed by atoms with Crippen molar-refractivity contribution in [3.63, 3.8) is 0 Å². The molecule has 24 heavy (non-hydrogen) atoms. The molecule has 1 aliphatic carbocycles. The van der Waals surface area contributed by atoms with Crippen molar-refractivity contribution < 1.29 is 19.4 Å². The van der Waals surface area contributed by atoms with E-state index in [1.807, 2.05) is 24.3 Å². The molecule has 0 aromatic heterocycles. The summed E-state index contributed by atoms with van der Waals surface area (Å²) in [6, 6.07) is 7.73. The molecule has 2 atom stereocenters. The lowest BCUT2D eigenvalue weighted by atomic mass is 10.0. The molecule has 130 valence electrons. The molecular weight excluding hydrogens is 330 g/mol. The third-order valence-electron chi connectivity index (χ3n) is 4.87. The van der Waals surface area contributed by atoms with Crippen molar-refractivity contribution in [1.82, 2.24) is 4.90 Å². The predicted molar refractivity (Wildman–Crippen MR) is 90.1 cm³/mol. The van der Waals surface area contributed by atoms with E-state index in [4.69, 9.17) is 21.4 Å². The van der Waals surface area contributed by atoms with Crippen molar-refractivity contribution in [2.24, 2.45) is 5.92 Å². The fraction of sp³-hybridized carbons (Fsp3) is 0.556. The van der Waals surface area contributed by atoms with Crippen LogP contribution >= 0.6 is 11.6 Å². The molecular formula is C18H22ClNO4. The Morgan fingerprint density at radius 3 is 2.71 bits per heavy atom. The summed E-state index contributed by atoms with van der Waals surface area (Å²) in [5.74, 6) is -0.654. The lowest BCUT2D eigenvalue weighted by molar-refractivity contribution is -0.141. The first-order valence-electron chi connectivity index (χ1n) is 8.41. The van der Waals surface area contributed by atoms with Crippen molar-refractivity contribution in [3.05, 3.63) is 34.9 Å². The molecule has 1 saturated carbocycles. The van der Waals surface area contributed by atoms with Crippen molar-refractivity contribution in [2.45, 2.75) is 37.6 Å². The largest absolute Gasteiger partial charge is 0.481 e. The second-order valence-electron chi connectivity index (χ2n) is 6.52. The highest BCUT2D eigenvalue weighted by Gasteiger charge is 2.47. The molecule has 0 bridgehead atoms. The van der Waals surface area contributed by atoms with E-state index in [0.717, 1.165) is 24.8 Å². The topological polar surface area (TPSA) is 66.8 Å². The minimum Gasteiger partial charge on any atom is -0.481 e. The minimum atomic E-state index is -0.873. The molecule has 1 aromatic carbocycles. The van der Waals surface area contributed by atoms with Crippen LogP contribution in [0, 0.1) is 5.92 Å². The van der Waals surface area contributed by atoms with E-state index in [1.54, 1.807) is 4.90 Å². The van der Waals surface area contributed by atoms with Gasteiger partial charge in [0.05, 0.1) is 6.42 Å². The number of aliphatic carboxylic acids is 1. The predicted octanol–water partition coefficient (Wildman–Crippen LogP) is 2.93. The Kier molecular flexibility index (Phi) is 5.41. The summed E-state index contributed by atoms with van der Waals surface area (Å²) < 4.78 is 5.37. The average molecular weight is 352 g/mol. The number of benzene rings is 1. The Balaban J connectivity index is 1.68. The summed E-state index contributed by atoms with van der Waals surface area (Å²) in [6.45, 7) is 1.53. The van der Waals surface area contributed by atoms with Crippen molar-refractivity contribution in [3.8, 4) is 0 Å². The Morgan fingerprint density at radius 1 is 1.29 bits per heavy atom. The van der Waals surface area contributed by atoms with Crippen LogP contribution in [-0.2, 0) is 14.3 Å². The fourth-order valence-corrected chi connectivity index (χ4v) is 3.67. The zero-order chi connectivity index (χ0) is 17.1. The molecule has 5 nitrogen and oxygen atoms in total. The molecule has 0 spiro atoms. The summed E-state index contributed by atoms with van der Waals surface area (Å²) in [6.07, 6.45) is 2.35. The standard InChI is InChI=1S/C18H22ClNO4/c19-13-3-1-2-12(10-13)15-11-16(15)18(23)20(7-4-17(21)22)14-5-8-24-9-6-14/h1-3,10,14-16H,4-9,11H2,(H,21,22). The van der Waals surface area contributed by atoms with Crippen LogP contribution in [0.2, 0.25) is 5.02 Å². The quantitative estimate of drug-likeness (QED) is 0.855. The van der Waals surface area contributed by atoms with Crippen LogP contribution in [0.5, 0.6) is 0 Å². The minimum absolute atomic E-state index is 0.0162. The number of ether oxygens (including phenoxy) is 1. The number of amides is 1. The van der Waals surface area contributed by atoms with Gasteiger partial charge in [0, 0.05) is 36.7 Å². The Morgan fingerprint density at radius 2 is 2.04 bits per heavy atom. The SMILES string of the molecule is O=C(O)CCN(C(=O)C1CC1c1cccc(Cl)c1)C1CCOCC1. The van der Waals surface area contributed by atoms with Crippen molar-refractivity contribution >= 4 is 23.5 Å². The molecule has 2 fully saturated rings. The van der Waals surface area contributed by atoms with Gasteiger partial charge in [0.2, 0.25) is 5.91 Å². The van der Waals surface area contributed by atoms with Gasteiger partial charge in [0.25, 0.3) is 0 Å². The summed E-state index contributed by atoms with van der Waals surface area (Å²) >= 11 is 6.04. The number of carbonyl (C=O) groups is 2. The van der Waals surface area contributed by atoms with Crippen LogP contribution in [0.4, 0.5) is 0 Å². The summed E-state index contributed by atoms with van der Waals surface area (Å²) in [4.78, 5) is 25.7. The first-order chi connectivity index (χ1) is 11.6. The van der Waals surface area contributed by atoms with Crippen LogP contribution in [0.15, 0.2) is 24.3 Å². The van der Waals surface area contributed by atoms with Crippen LogP contribution in [-0.4, -0.2) is 47.7 Å². The highest BCUT2D eigenvalue weighted by atomic mass is 35.5. The first-order valence-corrected chi connectivity index (χ1v) is 8.79. The number of halogens is 1. The molecule has 1 N–H and O–H groups in total. The summed E-state index contributed by atoms with van der Waals surface area (Å²) in [5.41, 5.74) is 1.09. The Bertz CT molecular complexity index is 615. The van der Waals surface area contributed by atoms with Gasteiger partial charge < -0.3 is 14.7 Å². The van der Waals surface area contributed by atoms with E-state index in [9.17, 15) is 9.59 Å². The lowest BCUT2D eigenvalue weighted by Gasteiger charge is -2.34. The summed E-state index contributed by atoms with van der Waals surface area (Å²) in [5, 5.41) is 9.66. The fourth-order valence-electron chi connectivity index (χ4n) is 3.47. The molecule has 2 unspecified atom stereocenters. The second-order valence-corrected chi connectivity index (χ2v) is 6.96. The van der Waals surface area contributed by atoms with Crippen LogP contribution in [0.25, 0.3) is 0 Å². The lowest BCUT2D eigenvalue weighted by Crippen LogP contribution is -2.45. The molecule has 1 aliphatic heterocycles. The number of rotatable bonds is 6. The third kappa shape index (κ3) is 4.08. The number of nitrogens with zero attached hydrogens (tertiary/aromatic N) is 1. The van der Waals surface area contributed by atoms with Gasteiger partial charge in [-0.05, 0) is 42.9 Å². The second kappa shape index (κ2) is 7.53. The van der Waals surface area contributed by atoms with E-state index in [2.05, 4.69) is 0 Å². The van der Waals surface area contributed by atoms with Gasteiger partial charge in [-0.3, -0.25) is 9.59 Å². The molecule has 1 aromatic rings. The van der Waals surface area contributed by atoms with Gasteiger partial charge in [-0.2, -0.15) is 0 Å². The Labute approximate surface area is 146 Å². The van der Waals surface area contributed by atoms with Crippen LogP contribution in [0.3, 0.4) is 0 Å². The average Bonchev–Trinajstić information content (AvgIpc) is 3.36. The van der Waals surface area contributed by atoms with E-state index < -0.39 is 5.97 Å². The highest BCUT2D eigenvalue weighted by Crippen LogP contribution is 2.49.